The SMILES string of the molecule is CC(C)(N)c1cnc(OC2CC(S(C)(=O)=O)C2)c2cnc(Nc3ccc4c(n3)C(C)(C)OC4=O)cc12. The number of esters is 1. The smallest absolute Gasteiger partial charge is 0.341 e. The summed E-state index contributed by atoms with van der Waals surface area (Å²) in [7, 11) is -3.08. The van der Waals surface area contributed by atoms with Crippen LogP contribution in [0.4, 0.5) is 11.6 Å². The van der Waals surface area contributed by atoms with Gasteiger partial charge in [0.15, 0.2) is 9.84 Å². The third kappa shape index (κ3) is 4.37. The van der Waals surface area contributed by atoms with Crippen molar-refractivity contribution in [1.29, 1.82) is 0 Å². The minimum atomic E-state index is -3.08. The molecule has 0 bridgehead atoms. The molecule has 190 valence electrons. The Morgan fingerprint density at radius 1 is 1.14 bits per heavy atom. The number of pyridine rings is 3. The highest BCUT2D eigenvalue weighted by atomic mass is 32.2. The fourth-order valence-electron chi connectivity index (χ4n) is 4.53. The summed E-state index contributed by atoms with van der Waals surface area (Å²) in [4.78, 5) is 25.7. The van der Waals surface area contributed by atoms with Crippen molar-refractivity contribution in [3.05, 3.63) is 47.4 Å². The Morgan fingerprint density at radius 2 is 1.86 bits per heavy atom. The van der Waals surface area contributed by atoms with Crippen LogP contribution in [0, 0.1) is 0 Å². The first-order valence-corrected chi connectivity index (χ1v) is 13.6. The second-order valence-electron chi connectivity index (χ2n) is 10.6. The highest BCUT2D eigenvalue weighted by molar-refractivity contribution is 7.91. The Labute approximate surface area is 209 Å². The summed E-state index contributed by atoms with van der Waals surface area (Å²) < 4.78 is 35.0. The number of nitrogens with two attached hydrogens (primary N) is 1. The molecule has 10 nitrogen and oxygen atoms in total. The molecule has 4 heterocycles. The van der Waals surface area contributed by atoms with Gasteiger partial charge in [-0.05, 0) is 56.8 Å². The number of cyclic esters (lactones) is 1. The van der Waals surface area contributed by atoms with Crippen LogP contribution >= 0.6 is 0 Å². The number of nitrogens with one attached hydrogen (secondary N) is 1. The van der Waals surface area contributed by atoms with Gasteiger partial charge in [0.25, 0.3) is 0 Å². The quantitative estimate of drug-likeness (QED) is 0.472. The molecular formula is C25H29N5O5S. The van der Waals surface area contributed by atoms with E-state index in [1.807, 2.05) is 19.9 Å². The van der Waals surface area contributed by atoms with Crippen LogP contribution in [0.15, 0.2) is 30.6 Å². The zero-order chi connectivity index (χ0) is 26.0. The monoisotopic (exact) mass is 511 g/mol. The highest BCUT2D eigenvalue weighted by Gasteiger charge is 2.40. The van der Waals surface area contributed by atoms with Crippen molar-refractivity contribution in [3.8, 4) is 5.88 Å². The lowest BCUT2D eigenvalue weighted by atomic mass is 9.92. The Hall–Kier alpha value is -3.31. The van der Waals surface area contributed by atoms with E-state index >= 15 is 0 Å². The summed E-state index contributed by atoms with van der Waals surface area (Å²) in [5, 5.41) is 4.32. The molecular weight excluding hydrogens is 482 g/mol. The van der Waals surface area contributed by atoms with Crippen LogP contribution in [-0.2, 0) is 25.7 Å². The third-order valence-electron chi connectivity index (χ3n) is 6.65. The lowest BCUT2D eigenvalue weighted by Gasteiger charge is -2.34. The molecule has 0 aromatic carbocycles. The first kappa shape index (κ1) is 24.4. The summed E-state index contributed by atoms with van der Waals surface area (Å²) in [6.07, 6.45) is 5.25. The summed E-state index contributed by atoms with van der Waals surface area (Å²) in [6.45, 7) is 7.38. The molecule has 11 heteroatoms. The van der Waals surface area contributed by atoms with E-state index < -0.39 is 21.0 Å². The lowest BCUT2D eigenvalue weighted by Crippen LogP contribution is -2.42. The average molecular weight is 512 g/mol. The molecule has 0 saturated heterocycles. The van der Waals surface area contributed by atoms with E-state index in [1.165, 1.54) is 6.26 Å². The van der Waals surface area contributed by atoms with Crippen LogP contribution in [-0.4, -0.2) is 46.9 Å². The number of nitrogens with zero attached hydrogens (tertiary/aromatic N) is 3. The van der Waals surface area contributed by atoms with E-state index in [0.29, 0.717) is 47.0 Å². The van der Waals surface area contributed by atoms with Gasteiger partial charge in [-0.2, -0.15) is 0 Å². The predicted octanol–water partition coefficient (Wildman–Crippen LogP) is 3.32. The first-order valence-electron chi connectivity index (χ1n) is 11.7. The molecule has 3 aromatic heterocycles. The van der Waals surface area contributed by atoms with Crippen molar-refractivity contribution in [3.63, 3.8) is 0 Å². The maximum Gasteiger partial charge on any atom is 0.341 e. The van der Waals surface area contributed by atoms with Gasteiger partial charge in [0, 0.05) is 37.0 Å². The standard InChI is InChI=1S/C25H29N5O5S/c1-24(2,26)18-12-28-22(34-13-8-14(9-13)36(5,32)33)17-11-27-20(10-16(17)18)29-19-7-6-15-21(30-19)25(3,4)35-23(15)31/h6-7,10-14H,8-9,26H2,1-5H3,(H,27,29,30). The van der Waals surface area contributed by atoms with E-state index in [4.69, 9.17) is 15.2 Å². The van der Waals surface area contributed by atoms with E-state index in [2.05, 4.69) is 20.3 Å². The number of hydrogen-bond acceptors (Lipinski definition) is 10. The number of carbonyl (C=O) groups is 1. The number of hydrogen-bond donors (Lipinski definition) is 2. The number of aromatic nitrogens is 3. The second-order valence-corrected chi connectivity index (χ2v) is 12.9. The van der Waals surface area contributed by atoms with Gasteiger partial charge in [-0.25, -0.2) is 28.2 Å². The summed E-state index contributed by atoms with van der Waals surface area (Å²) in [5.74, 6) is 1.05. The molecule has 1 fully saturated rings. The summed E-state index contributed by atoms with van der Waals surface area (Å²) in [6, 6.07) is 5.25. The van der Waals surface area contributed by atoms with Crippen molar-refractivity contribution in [2.45, 2.75) is 63.0 Å². The highest BCUT2D eigenvalue weighted by Crippen LogP contribution is 2.37. The molecule has 0 spiro atoms. The minimum absolute atomic E-state index is 0.223. The topological polar surface area (TPSA) is 146 Å². The van der Waals surface area contributed by atoms with Gasteiger partial charge in [-0.3, -0.25) is 0 Å². The van der Waals surface area contributed by atoms with Gasteiger partial charge < -0.3 is 20.5 Å². The van der Waals surface area contributed by atoms with Crippen molar-refractivity contribution in [1.82, 2.24) is 15.0 Å². The molecule has 1 aliphatic heterocycles. The Balaban J connectivity index is 1.47. The molecule has 3 N–H and O–H groups in total. The van der Waals surface area contributed by atoms with E-state index in [9.17, 15) is 13.2 Å². The summed E-state index contributed by atoms with van der Waals surface area (Å²) >= 11 is 0. The van der Waals surface area contributed by atoms with E-state index in [-0.39, 0.29) is 17.3 Å². The zero-order valence-corrected chi connectivity index (χ0v) is 21.6. The number of anilines is 2. The van der Waals surface area contributed by atoms with Crippen molar-refractivity contribution < 1.29 is 22.7 Å². The minimum Gasteiger partial charge on any atom is -0.474 e. The summed E-state index contributed by atoms with van der Waals surface area (Å²) in [5.41, 5.74) is 6.76. The van der Waals surface area contributed by atoms with Gasteiger partial charge in [0.1, 0.15) is 29.0 Å². The maximum atomic E-state index is 12.1. The molecule has 1 aliphatic carbocycles. The molecule has 5 rings (SSSR count). The van der Waals surface area contributed by atoms with Gasteiger partial charge in [0.05, 0.1) is 16.2 Å². The molecule has 1 saturated carbocycles. The van der Waals surface area contributed by atoms with E-state index in [1.54, 1.807) is 38.4 Å². The van der Waals surface area contributed by atoms with Gasteiger partial charge in [-0.1, -0.05) is 0 Å². The maximum absolute atomic E-state index is 12.1. The largest absolute Gasteiger partial charge is 0.474 e. The Bertz CT molecular complexity index is 1490. The Kier molecular flexibility index (Phi) is 5.49. The Morgan fingerprint density at radius 3 is 2.53 bits per heavy atom. The van der Waals surface area contributed by atoms with Crippen LogP contribution in [0.5, 0.6) is 5.88 Å². The van der Waals surface area contributed by atoms with Gasteiger partial charge in [0.2, 0.25) is 5.88 Å². The molecule has 2 aliphatic rings. The fourth-order valence-corrected chi connectivity index (χ4v) is 5.65. The van der Waals surface area contributed by atoms with Crippen LogP contribution < -0.4 is 15.8 Å². The van der Waals surface area contributed by atoms with Crippen LogP contribution in [0.1, 0.15) is 62.2 Å². The third-order valence-corrected chi connectivity index (χ3v) is 8.25. The fraction of sp³-hybridized carbons (Fsp3) is 0.440. The van der Waals surface area contributed by atoms with Crippen molar-refractivity contribution >= 4 is 38.2 Å². The van der Waals surface area contributed by atoms with E-state index in [0.717, 1.165) is 10.9 Å². The zero-order valence-electron chi connectivity index (χ0n) is 20.8. The number of ether oxygens (including phenoxy) is 2. The number of rotatable bonds is 6. The number of carbonyl (C=O) groups excluding carboxylic acids is 1. The molecule has 0 radical (unpaired) electrons. The van der Waals surface area contributed by atoms with Gasteiger partial charge in [-0.15, -0.1) is 0 Å². The van der Waals surface area contributed by atoms with Crippen LogP contribution in [0.2, 0.25) is 0 Å². The molecule has 0 amide bonds. The van der Waals surface area contributed by atoms with Gasteiger partial charge >= 0.3 is 5.97 Å². The average Bonchev–Trinajstić information content (AvgIpc) is 2.96. The second kappa shape index (κ2) is 8.10. The predicted molar refractivity (Wildman–Crippen MR) is 135 cm³/mol. The molecule has 36 heavy (non-hydrogen) atoms. The molecule has 0 atom stereocenters. The van der Waals surface area contributed by atoms with Crippen molar-refractivity contribution in [2.75, 3.05) is 11.6 Å². The molecule has 0 unspecified atom stereocenters. The van der Waals surface area contributed by atoms with Crippen molar-refractivity contribution in [2.24, 2.45) is 5.73 Å². The van der Waals surface area contributed by atoms with Crippen LogP contribution in [0.25, 0.3) is 10.8 Å². The molecule has 3 aromatic rings. The van der Waals surface area contributed by atoms with Crippen LogP contribution in [0.3, 0.4) is 0 Å². The first-order chi connectivity index (χ1) is 16.7. The normalized spacial score (nSPS) is 21.0. The number of fused-ring (bicyclic) bond motifs is 2. The lowest BCUT2D eigenvalue weighted by molar-refractivity contribution is 0.00833. The number of sulfone groups is 1.